The van der Waals surface area contributed by atoms with Crippen molar-refractivity contribution >= 4 is 34.4 Å². The highest BCUT2D eigenvalue weighted by molar-refractivity contribution is 6.07. The standard InChI is InChI=1S/C28H27FN2O3/c29-20-14-12-18(13-15-20)16-19-6-5-10-23-26(22-9-3-4-11-24(22)31-27(19)23)28(33)34-17-25(32)30-21-7-1-2-8-21/h3-4,9,11-16,21H,1-2,5-8,10,17H2,(H,30,32)/b19-16-. The quantitative estimate of drug-likeness (QED) is 0.515. The normalized spacial score (nSPS) is 17.0. The van der Waals surface area contributed by atoms with Crippen LogP contribution in [0.3, 0.4) is 0 Å². The third-order valence-corrected chi connectivity index (χ3v) is 6.64. The largest absolute Gasteiger partial charge is 0.452 e. The van der Waals surface area contributed by atoms with E-state index in [1.165, 1.54) is 12.1 Å². The number of carbonyl (C=O) groups is 2. The van der Waals surface area contributed by atoms with E-state index in [1.54, 1.807) is 12.1 Å². The smallest absolute Gasteiger partial charge is 0.339 e. The molecule has 0 radical (unpaired) electrons. The zero-order valence-electron chi connectivity index (χ0n) is 19.0. The van der Waals surface area contributed by atoms with Crippen LogP contribution < -0.4 is 5.32 Å². The van der Waals surface area contributed by atoms with Crippen LogP contribution in [0, 0.1) is 5.82 Å². The van der Waals surface area contributed by atoms with Gasteiger partial charge in [-0.15, -0.1) is 0 Å². The number of amides is 1. The summed E-state index contributed by atoms with van der Waals surface area (Å²) in [5.74, 6) is -1.04. The zero-order chi connectivity index (χ0) is 23.5. The van der Waals surface area contributed by atoms with Crippen LogP contribution in [-0.2, 0) is 16.0 Å². The SMILES string of the molecule is O=C(COC(=O)c1c2c(nc3ccccc13)/C(=C\c1ccc(F)cc1)CCC2)NC1CCCC1. The lowest BCUT2D eigenvalue weighted by Gasteiger charge is -2.22. The van der Waals surface area contributed by atoms with E-state index in [1.807, 2.05) is 30.3 Å². The molecule has 1 fully saturated rings. The van der Waals surface area contributed by atoms with Gasteiger partial charge in [-0.05, 0) is 73.1 Å². The van der Waals surface area contributed by atoms with Gasteiger partial charge >= 0.3 is 5.97 Å². The van der Waals surface area contributed by atoms with Crippen LogP contribution in [0.1, 0.15) is 65.7 Å². The molecule has 3 aromatic rings. The number of halogens is 1. The van der Waals surface area contributed by atoms with Crippen molar-refractivity contribution in [3.63, 3.8) is 0 Å². The van der Waals surface area contributed by atoms with Gasteiger partial charge in [-0.3, -0.25) is 4.79 Å². The lowest BCUT2D eigenvalue weighted by atomic mass is 9.86. The molecule has 0 aliphatic heterocycles. The molecule has 0 bridgehead atoms. The molecule has 0 spiro atoms. The minimum Gasteiger partial charge on any atom is -0.452 e. The minimum absolute atomic E-state index is 0.180. The molecule has 5 nitrogen and oxygen atoms in total. The van der Waals surface area contributed by atoms with Crippen LogP contribution in [0.2, 0.25) is 0 Å². The van der Waals surface area contributed by atoms with Crippen LogP contribution in [0.15, 0.2) is 48.5 Å². The number of esters is 1. The molecule has 6 heteroatoms. The molecule has 1 saturated carbocycles. The molecular formula is C28H27FN2O3. The number of hydrogen-bond acceptors (Lipinski definition) is 4. The number of rotatable bonds is 5. The number of aromatic nitrogens is 1. The Morgan fingerprint density at radius 2 is 1.79 bits per heavy atom. The molecule has 5 rings (SSSR count). The average Bonchev–Trinajstić information content (AvgIpc) is 3.36. The van der Waals surface area contributed by atoms with E-state index in [-0.39, 0.29) is 24.4 Å². The summed E-state index contributed by atoms with van der Waals surface area (Å²) in [4.78, 5) is 30.5. The molecule has 0 saturated heterocycles. The van der Waals surface area contributed by atoms with Crippen molar-refractivity contribution in [1.82, 2.24) is 10.3 Å². The Kier molecular flexibility index (Phi) is 6.39. The molecule has 2 aliphatic carbocycles. The van der Waals surface area contributed by atoms with E-state index in [0.717, 1.165) is 66.3 Å². The van der Waals surface area contributed by atoms with Crippen LogP contribution in [0.5, 0.6) is 0 Å². The first-order chi connectivity index (χ1) is 16.6. The number of carbonyl (C=O) groups excluding carboxylic acids is 2. The summed E-state index contributed by atoms with van der Waals surface area (Å²) in [6.45, 7) is -0.293. The second-order valence-electron chi connectivity index (χ2n) is 9.03. The van der Waals surface area contributed by atoms with Crippen molar-refractivity contribution < 1.29 is 18.7 Å². The topological polar surface area (TPSA) is 68.3 Å². The van der Waals surface area contributed by atoms with E-state index in [0.29, 0.717) is 17.5 Å². The highest BCUT2D eigenvalue weighted by atomic mass is 19.1. The molecule has 1 heterocycles. The molecule has 0 atom stereocenters. The second kappa shape index (κ2) is 9.75. The molecule has 1 amide bonds. The first-order valence-corrected chi connectivity index (χ1v) is 11.9. The number of benzene rings is 2. The number of allylic oxidation sites excluding steroid dienone is 1. The van der Waals surface area contributed by atoms with E-state index >= 15 is 0 Å². The summed E-state index contributed by atoms with van der Waals surface area (Å²) in [7, 11) is 0. The maximum absolute atomic E-state index is 13.4. The fraction of sp³-hybridized carbons (Fsp3) is 0.321. The van der Waals surface area contributed by atoms with Gasteiger partial charge < -0.3 is 10.1 Å². The van der Waals surface area contributed by atoms with Gasteiger partial charge in [0.2, 0.25) is 0 Å². The van der Waals surface area contributed by atoms with Gasteiger partial charge in [0.25, 0.3) is 5.91 Å². The van der Waals surface area contributed by atoms with Gasteiger partial charge in [0.1, 0.15) is 5.82 Å². The van der Waals surface area contributed by atoms with Crippen LogP contribution in [0.4, 0.5) is 4.39 Å². The Labute approximate surface area is 198 Å². The molecule has 2 aliphatic rings. The highest BCUT2D eigenvalue weighted by Crippen LogP contribution is 2.36. The molecule has 2 aromatic carbocycles. The van der Waals surface area contributed by atoms with Gasteiger partial charge in [-0.1, -0.05) is 43.2 Å². The highest BCUT2D eigenvalue weighted by Gasteiger charge is 2.26. The maximum atomic E-state index is 13.4. The lowest BCUT2D eigenvalue weighted by molar-refractivity contribution is -0.124. The van der Waals surface area contributed by atoms with Crippen LogP contribution >= 0.6 is 0 Å². The number of para-hydroxylation sites is 1. The molecule has 174 valence electrons. The first-order valence-electron chi connectivity index (χ1n) is 11.9. The second-order valence-corrected chi connectivity index (χ2v) is 9.03. The Bertz CT molecular complexity index is 1260. The Morgan fingerprint density at radius 3 is 2.59 bits per heavy atom. The van der Waals surface area contributed by atoms with Gasteiger partial charge in [0.05, 0.1) is 16.8 Å². The van der Waals surface area contributed by atoms with Gasteiger partial charge in [-0.2, -0.15) is 0 Å². The van der Waals surface area contributed by atoms with Crippen molar-refractivity contribution in [1.29, 1.82) is 0 Å². The van der Waals surface area contributed by atoms with Crippen LogP contribution in [0.25, 0.3) is 22.6 Å². The molecule has 1 aromatic heterocycles. The third-order valence-electron chi connectivity index (χ3n) is 6.64. The monoisotopic (exact) mass is 458 g/mol. The van der Waals surface area contributed by atoms with Gasteiger partial charge in [0, 0.05) is 11.4 Å². The van der Waals surface area contributed by atoms with Crippen molar-refractivity contribution in [3.8, 4) is 0 Å². The molecule has 34 heavy (non-hydrogen) atoms. The average molecular weight is 459 g/mol. The van der Waals surface area contributed by atoms with Crippen molar-refractivity contribution in [2.24, 2.45) is 0 Å². The van der Waals surface area contributed by atoms with E-state index < -0.39 is 5.97 Å². The molecular weight excluding hydrogens is 431 g/mol. The van der Waals surface area contributed by atoms with E-state index in [9.17, 15) is 14.0 Å². The first kappa shape index (κ1) is 22.3. The molecule has 1 N–H and O–H groups in total. The Morgan fingerprint density at radius 1 is 1.03 bits per heavy atom. The summed E-state index contributed by atoms with van der Waals surface area (Å²) in [5, 5.41) is 3.69. The lowest BCUT2D eigenvalue weighted by Crippen LogP contribution is -2.36. The summed E-state index contributed by atoms with van der Waals surface area (Å²) >= 11 is 0. The van der Waals surface area contributed by atoms with E-state index in [4.69, 9.17) is 9.72 Å². The predicted octanol–water partition coefficient (Wildman–Crippen LogP) is 5.47. The summed E-state index contributed by atoms with van der Waals surface area (Å²) in [6, 6.07) is 14.0. The number of nitrogens with one attached hydrogen (secondary N) is 1. The van der Waals surface area contributed by atoms with Crippen molar-refractivity contribution in [2.45, 2.75) is 51.0 Å². The number of ether oxygens (including phenoxy) is 1. The van der Waals surface area contributed by atoms with Crippen molar-refractivity contribution in [2.75, 3.05) is 6.61 Å². The van der Waals surface area contributed by atoms with E-state index in [2.05, 4.69) is 5.32 Å². The number of fused-ring (bicyclic) bond motifs is 2. The van der Waals surface area contributed by atoms with Crippen molar-refractivity contribution in [3.05, 3.63) is 76.7 Å². The summed E-state index contributed by atoms with van der Waals surface area (Å²) in [6.07, 6.45) is 8.57. The number of nitrogens with zero attached hydrogens (tertiary/aromatic N) is 1. The summed E-state index contributed by atoms with van der Waals surface area (Å²) < 4.78 is 18.9. The third kappa shape index (κ3) is 4.72. The Hall–Kier alpha value is -3.54. The van der Waals surface area contributed by atoms with Gasteiger partial charge in [0.15, 0.2) is 6.61 Å². The fourth-order valence-corrected chi connectivity index (χ4v) is 5.01. The predicted molar refractivity (Wildman–Crippen MR) is 130 cm³/mol. The fourth-order valence-electron chi connectivity index (χ4n) is 5.01. The minimum atomic E-state index is -0.501. The zero-order valence-corrected chi connectivity index (χ0v) is 19.0. The van der Waals surface area contributed by atoms with Crippen LogP contribution in [-0.4, -0.2) is 29.5 Å². The Balaban J connectivity index is 1.47. The number of hydrogen-bond donors (Lipinski definition) is 1. The van der Waals surface area contributed by atoms with Gasteiger partial charge in [-0.25, -0.2) is 14.2 Å². The molecule has 0 unspecified atom stereocenters. The summed E-state index contributed by atoms with van der Waals surface area (Å²) in [5.41, 5.74) is 4.70. The number of pyridine rings is 1. The maximum Gasteiger partial charge on any atom is 0.339 e.